The summed E-state index contributed by atoms with van der Waals surface area (Å²) in [5.41, 5.74) is 3.65. The third-order valence-corrected chi connectivity index (χ3v) is 8.91. The number of benzene rings is 2. The van der Waals surface area contributed by atoms with Crippen LogP contribution >= 0.6 is 0 Å². The fraction of sp³-hybridized carbons (Fsp3) is 0.579. The van der Waals surface area contributed by atoms with Crippen molar-refractivity contribution in [3.05, 3.63) is 66.7 Å². The molecule has 3 rings (SSSR count). The number of nitrogens with zero attached hydrogens (tertiary/aromatic N) is 1. The number of nitriles is 1. The van der Waals surface area contributed by atoms with E-state index in [2.05, 4.69) is 75.0 Å². The lowest BCUT2D eigenvalue weighted by Crippen LogP contribution is -2.26. The molecule has 0 spiro atoms. The summed E-state index contributed by atoms with van der Waals surface area (Å²) in [4.78, 5) is 11.1. The topological polar surface area (TPSA) is 59.3 Å². The van der Waals surface area contributed by atoms with Crippen LogP contribution in [0.3, 0.4) is 0 Å². The van der Waals surface area contributed by atoms with Gasteiger partial charge >= 0.3 is 5.97 Å². The molecule has 4 heteroatoms. The van der Waals surface area contributed by atoms with E-state index in [1.54, 1.807) is 0 Å². The van der Waals surface area contributed by atoms with Crippen molar-refractivity contribution in [3.63, 3.8) is 0 Å². The van der Waals surface area contributed by atoms with Crippen LogP contribution in [-0.2, 0) is 9.53 Å². The van der Waals surface area contributed by atoms with E-state index >= 15 is 0 Å². The molecule has 2 aromatic rings. The Hall–Kier alpha value is -3.06. The number of hydrogen-bond acceptors (Lipinski definition) is 4. The van der Waals surface area contributed by atoms with Crippen molar-refractivity contribution >= 4 is 5.97 Å². The number of carbonyl (C=O) groups is 1. The molecule has 0 radical (unpaired) electrons. The molecule has 228 valence electrons. The molecule has 0 heterocycles. The van der Waals surface area contributed by atoms with E-state index in [0.717, 1.165) is 70.0 Å². The van der Waals surface area contributed by atoms with Gasteiger partial charge in [-0.1, -0.05) is 102 Å². The van der Waals surface area contributed by atoms with E-state index in [1.807, 2.05) is 0 Å². The van der Waals surface area contributed by atoms with Crippen molar-refractivity contribution in [3.8, 4) is 22.9 Å². The summed E-state index contributed by atoms with van der Waals surface area (Å²) in [6, 6.07) is 20.3. The van der Waals surface area contributed by atoms with Crippen molar-refractivity contribution in [2.45, 2.75) is 129 Å². The summed E-state index contributed by atoms with van der Waals surface area (Å²) < 4.78 is 11.4. The van der Waals surface area contributed by atoms with Crippen molar-refractivity contribution < 1.29 is 14.3 Å². The van der Waals surface area contributed by atoms with Crippen molar-refractivity contribution in [2.75, 3.05) is 6.61 Å². The highest BCUT2D eigenvalue weighted by atomic mass is 16.5. The molecule has 0 saturated heterocycles. The summed E-state index contributed by atoms with van der Waals surface area (Å²) >= 11 is 0. The van der Waals surface area contributed by atoms with Gasteiger partial charge in [-0.25, -0.2) is 4.79 Å². The Kier molecular flexibility index (Phi) is 14.7. The van der Waals surface area contributed by atoms with E-state index in [9.17, 15) is 10.1 Å². The zero-order chi connectivity index (χ0) is 30.0. The number of rotatable bonds is 19. The minimum absolute atomic E-state index is 0.139. The average molecular weight is 572 g/mol. The highest BCUT2D eigenvalue weighted by Gasteiger charge is 2.36. The van der Waals surface area contributed by atoms with E-state index in [1.165, 1.54) is 61.3 Å². The van der Waals surface area contributed by atoms with Gasteiger partial charge in [-0.15, -0.1) is 0 Å². The molecule has 0 amide bonds. The monoisotopic (exact) mass is 571 g/mol. The van der Waals surface area contributed by atoms with Crippen LogP contribution in [0.2, 0.25) is 0 Å². The Balaban J connectivity index is 1.51. The van der Waals surface area contributed by atoms with Crippen LogP contribution in [-0.4, -0.2) is 18.7 Å². The lowest BCUT2D eigenvalue weighted by atomic mass is 9.66. The first kappa shape index (κ1) is 33.4. The number of hydrogen-bond donors (Lipinski definition) is 0. The molecule has 0 bridgehead atoms. The highest BCUT2D eigenvalue weighted by molar-refractivity contribution is 5.81. The predicted molar refractivity (Wildman–Crippen MR) is 173 cm³/mol. The molecule has 2 aromatic carbocycles. The molecule has 1 fully saturated rings. The van der Waals surface area contributed by atoms with Crippen LogP contribution in [0.25, 0.3) is 11.1 Å². The van der Waals surface area contributed by atoms with E-state index in [4.69, 9.17) is 9.47 Å². The van der Waals surface area contributed by atoms with Crippen molar-refractivity contribution in [1.29, 1.82) is 5.26 Å². The first-order chi connectivity index (χ1) is 20.5. The normalized spacial score (nSPS) is 19.0. The molecule has 3 atom stereocenters. The lowest BCUT2D eigenvalue weighted by molar-refractivity contribution is -0.137. The first-order valence-electron chi connectivity index (χ1n) is 16.6. The van der Waals surface area contributed by atoms with Crippen LogP contribution in [0, 0.1) is 16.7 Å². The summed E-state index contributed by atoms with van der Waals surface area (Å²) in [5, 5.41) is 10.1. The highest BCUT2D eigenvalue weighted by Crippen LogP contribution is 2.47. The van der Waals surface area contributed by atoms with Crippen LogP contribution in [0.1, 0.15) is 128 Å². The zero-order valence-electron chi connectivity index (χ0n) is 26.3. The minimum Gasteiger partial charge on any atom is -0.490 e. The summed E-state index contributed by atoms with van der Waals surface area (Å²) in [5.74, 6) is 1.05. The molecule has 1 saturated carbocycles. The molecular formula is C38H53NO3. The van der Waals surface area contributed by atoms with Gasteiger partial charge in [0.1, 0.15) is 5.75 Å². The van der Waals surface area contributed by atoms with Gasteiger partial charge in [-0.3, -0.25) is 0 Å². The Morgan fingerprint density at radius 3 is 2.31 bits per heavy atom. The molecule has 1 aliphatic rings. The smallest absolute Gasteiger partial charge is 0.330 e. The zero-order valence-corrected chi connectivity index (χ0v) is 26.3. The maximum Gasteiger partial charge on any atom is 0.330 e. The lowest BCUT2D eigenvalue weighted by Gasteiger charge is -2.36. The van der Waals surface area contributed by atoms with Crippen molar-refractivity contribution in [2.24, 2.45) is 5.41 Å². The Morgan fingerprint density at radius 2 is 1.64 bits per heavy atom. The van der Waals surface area contributed by atoms with E-state index < -0.39 is 0 Å². The van der Waals surface area contributed by atoms with Gasteiger partial charge in [0, 0.05) is 6.08 Å². The molecule has 0 N–H and O–H groups in total. The molecule has 4 nitrogen and oxygen atoms in total. The maximum atomic E-state index is 11.1. The van der Waals surface area contributed by atoms with Crippen LogP contribution in [0.5, 0.6) is 5.75 Å². The second-order valence-electron chi connectivity index (χ2n) is 12.2. The molecule has 1 aliphatic carbocycles. The Bertz CT molecular complexity index is 1100. The number of unbranched alkanes of at least 4 members (excludes halogenated alkanes) is 6. The molecule has 3 unspecified atom stereocenters. The van der Waals surface area contributed by atoms with Gasteiger partial charge in [0.05, 0.1) is 24.2 Å². The average Bonchev–Trinajstić information content (AvgIpc) is 3.03. The molecule has 0 aromatic heterocycles. The second kappa shape index (κ2) is 18.5. The van der Waals surface area contributed by atoms with Crippen molar-refractivity contribution in [1.82, 2.24) is 0 Å². The molecule has 0 aliphatic heterocycles. The fourth-order valence-electron chi connectivity index (χ4n) is 6.43. The second-order valence-corrected chi connectivity index (χ2v) is 12.2. The first-order valence-corrected chi connectivity index (χ1v) is 16.6. The van der Waals surface area contributed by atoms with Gasteiger partial charge in [0.2, 0.25) is 0 Å². The van der Waals surface area contributed by atoms with Crippen LogP contribution in [0.15, 0.2) is 61.2 Å². The number of carbonyl (C=O) groups excluding carboxylic acids is 1. The SMILES string of the molecule is C=CC(=O)OCCCCCC(CCC)Oc1ccc(-c2ccc(C3CCCC(C#N)(CCCCCCC)C3)cc2)cc1. The maximum absolute atomic E-state index is 11.1. The third-order valence-electron chi connectivity index (χ3n) is 8.91. The third kappa shape index (κ3) is 11.0. The van der Waals surface area contributed by atoms with E-state index in [0.29, 0.717) is 12.5 Å². The van der Waals surface area contributed by atoms with Crippen LogP contribution < -0.4 is 4.74 Å². The summed E-state index contributed by atoms with van der Waals surface area (Å²) in [7, 11) is 0. The summed E-state index contributed by atoms with van der Waals surface area (Å²) in [6.07, 6.45) is 19.2. The predicted octanol–water partition coefficient (Wildman–Crippen LogP) is 10.7. The fourth-order valence-corrected chi connectivity index (χ4v) is 6.43. The minimum atomic E-state index is -0.351. The Morgan fingerprint density at radius 1 is 0.952 bits per heavy atom. The molecule has 42 heavy (non-hydrogen) atoms. The Labute approximate surface area is 255 Å². The van der Waals surface area contributed by atoms with Gasteiger partial charge in [0.15, 0.2) is 0 Å². The largest absolute Gasteiger partial charge is 0.490 e. The van der Waals surface area contributed by atoms with Gasteiger partial charge in [0.25, 0.3) is 0 Å². The standard InChI is InChI=1S/C38H53NO3/c1-4-7-8-9-12-26-38(30-39)27-14-16-34(29-38)33-20-18-31(19-21-33)32-22-24-36(25-23-32)42-35(15-5-2)17-11-10-13-28-41-37(40)6-3/h6,18-25,34-35H,3-5,7-17,26-29H2,1-2H3. The van der Waals surface area contributed by atoms with Gasteiger partial charge in [-0.2, -0.15) is 5.26 Å². The molecular weight excluding hydrogens is 518 g/mol. The van der Waals surface area contributed by atoms with Crippen LogP contribution in [0.4, 0.5) is 0 Å². The number of esters is 1. The van der Waals surface area contributed by atoms with Gasteiger partial charge < -0.3 is 9.47 Å². The van der Waals surface area contributed by atoms with Gasteiger partial charge in [-0.05, 0) is 92.5 Å². The summed E-state index contributed by atoms with van der Waals surface area (Å²) in [6.45, 7) is 8.32. The van der Waals surface area contributed by atoms with E-state index in [-0.39, 0.29) is 17.5 Å². The number of ether oxygens (including phenoxy) is 2. The quantitative estimate of drug-likeness (QED) is 0.0956.